The van der Waals surface area contributed by atoms with E-state index in [-0.39, 0.29) is 17.5 Å². The van der Waals surface area contributed by atoms with Crippen molar-refractivity contribution < 1.29 is 14.2 Å². The molecule has 0 spiro atoms. The van der Waals surface area contributed by atoms with E-state index in [1.807, 2.05) is 47.4 Å². The first-order valence-corrected chi connectivity index (χ1v) is 11.7. The molecule has 0 aliphatic carbocycles. The number of aromatic hydroxyl groups is 1. The predicted octanol–water partition coefficient (Wildman–Crippen LogP) is 4.49. The van der Waals surface area contributed by atoms with Gasteiger partial charge >= 0.3 is 0 Å². The number of phenols is 1. The SMILES string of the molecule is Oc1cccc(Nc2cccc(Nc3ccc(/C=N/Nc4ncc(F)c(N5CCOCC5)n4)nc3)c2)c1. The third-order valence-corrected chi connectivity index (χ3v) is 5.47. The van der Waals surface area contributed by atoms with Crippen molar-refractivity contribution in [3.63, 3.8) is 0 Å². The van der Waals surface area contributed by atoms with E-state index in [0.717, 1.165) is 28.9 Å². The maximum Gasteiger partial charge on any atom is 0.245 e. The number of pyridine rings is 1. The van der Waals surface area contributed by atoms with E-state index in [9.17, 15) is 9.50 Å². The molecule has 0 amide bonds. The fourth-order valence-electron chi connectivity index (χ4n) is 3.71. The lowest BCUT2D eigenvalue weighted by atomic mass is 10.2. The molecule has 4 N–H and O–H groups in total. The predicted molar refractivity (Wildman–Crippen MR) is 142 cm³/mol. The van der Waals surface area contributed by atoms with Gasteiger partial charge < -0.3 is 25.4 Å². The topological polar surface area (TPSA) is 120 Å². The number of phenolic OH excluding ortho intramolecular Hbond substituents is 1. The fraction of sp³-hybridized carbons (Fsp3) is 0.154. The van der Waals surface area contributed by atoms with Crippen LogP contribution in [0.15, 0.2) is 78.2 Å². The largest absolute Gasteiger partial charge is 0.508 e. The van der Waals surface area contributed by atoms with E-state index in [0.29, 0.717) is 32.0 Å². The van der Waals surface area contributed by atoms with Crippen LogP contribution in [0.2, 0.25) is 0 Å². The third-order valence-electron chi connectivity index (χ3n) is 5.47. The molecule has 0 saturated carbocycles. The lowest BCUT2D eigenvalue weighted by Gasteiger charge is -2.27. The monoisotopic (exact) mass is 500 g/mol. The third kappa shape index (κ3) is 6.47. The normalized spacial score (nSPS) is 13.5. The first-order valence-electron chi connectivity index (χ1n) is 11.7. The van der Waals surface area contributed by atoms with Gasteiger partial charge in [0.05, 0.1) is 43.2 Å². The minimum absolute atomic E-state index is 0.191. The van der Waals surface area contributed by atoms with Gasteiger partial charge in [0.15, 0.2) is 11.6 Å². The minimum atomic E-state index is -0.484. The van der Waals surface area contributed by atoms with E-state index in [1.54, 1.807) is 24.4 Å². The number of ether oxygens (including phenoxy) is 1. The smallest absolute Gasteiger partial charge is 0.245 e. The Kier molecular flexibility index (Phi) is 7.32. The highest BCUT2D eigenvalue weighted by Gasteiger charge is 2.17. The van der Waals surface area contributed by atoms with Gasteiger partial charge in [-0.1, -0.05) is 12.1 Å². The van der Waals surface area contributed by atoms with Crippen molar-refractivity contribution in [1.82, 2.24) is 15.0 Å². The molecule has 0 radical (unpaired) electrons. The van der Waals surface area contributed by atoms with Crippen LogP contribution in [-0.4, -0.2) is 52.6 Å². The zero-order chi connectivity index (χ0) is 25.5. The number of rotatable bonds is 8. The van der Waals surface area contributed by atoms with Crippen LogP contribution in [0.5, 0.6) is 5.75 Å². The number of hydrogen-bond acceptors (Lipinski definition) is 10. The summed E-state index contributed by atoms with van der Waals surface area (Å²) in [6.45, 7) is 2.20. The Morgan fingerprint density at radius 1 is 0.892 bits per heavy atom. The molecule has 2 aromatic carbocycles. The molecule has 37 heavy (non-hydrogen) atoms. The summed E-state index contributed by atoms with van der Waals surface area (Å²) in [5.41, 5.74) is 6.69. The van der Waals surface area contributed by atoms with Gasteiger partial charge in [-0.15, -0.1) is 0 Å². The number of hydrogen-bond donors (Lipinski definition) is 4. The highest BCUT2D eigenvalue weighted by atomic mass is 19.1. The van der Waals surface area contributed by atoms with E-state index < -0.39 is 5.82 Å². The molecule has 1 aliphatic rings. The number of nitrogens with one attached hydrogen (secondary N) is 3. The molecule has 1 aliphatic heterocycles. The first kappa shape index (κ1) is 23.9. The van der Waals surface area contributed by atoms with Gasteiger partial charge in [-0.25, -0.2) is 14.8 Å². The second-order valence-electron chi connectivity index (χ2n) is 8.19. The molecule has 10 nitrogen and oxygen atoms in total. The minimum Gasteiger partial charge on any atom is -0.508 e. The quantitative estimate of drug-likeness (QED) is 0.205. The summed E-state index contributed by atoms with van der Waals surface area (Å²) < 4.78 is 19.5. The maximum absolute atomic E-state index is 14.2. The molecule has 0 bridgehead atoms. The molecule has 1 saturated heterocycles. The number of hydrazone groups is 1. The summed E-state index contributed by atoms with van der Waals surface area (Å²) in [5, 5.41) is 20.3. The van der Waals surface area contributed by atoms with Gasteiger partial charge in [-0.05, 0) is 42.5 Å². The molecule has 0 unspecified atom stereocenters. The summed E-state index contributed by atoms with van der Waals surface area (Å²) in [5.74, 6) is 0.136. The van der Waals surface area contributed by atoms with Crippen LogP contribution in [-0.2, 0) is 4.74 Å². The van der Waals surface area contributed by atoms with Gasteiger partial charge in [0.25, 0.3) is 0 Å². The molecule has 11 heteroatoms. The van der Waals surface area contributed by atoms with Crippen molar-refractivity contribution in [2.45, 2.75) is 0 Å². The summed E-state index contributed by atoms with van der Waals surface area (Å²) in [4.78, 5) is 14.4. The Morgan fingerprint density at radius 3 is 2.35 bits per heavy atom. The Bertz CT molecular complexity index is 1380. The second-order valence-corrected chi connectivity index (χ2v) is 8.19. The summed E-state index contributed by atoms with van der Waals surface area (Å²) in [6.07, 6.45) is 4.36. The highest BCUT2D eigenvalue weighted by Crippen LogP contribution is 2.24. The number of morpholine rings is 1. The zero-order valence-corrected chi connectivity index (χ0v) is 19.8. The van der Waals surface area contributed by atoms with Gasteiger partial charge in [0, 0.05) is 36.2 Å². The summed E-state index contributed by atoms with van der Waals surface area (Å²) >= 11 is 0. The number of aromatic nitrogens is 3. The number of anilines is 6. The standard InChI is InChI=1S/C26H25FN8O2/c27-24-17-29-26(33-25(24)35-9-11-37-12-10-35)34-30-16-21-7-8-22(15-28-21)32-19-4-1-3-18(13-19)31-20-5-2-6-23(36)14-20/h1-8,13-17,31-32,36H,9-12H2,(H,29,33,34)/b30-16+. The lowest BCUT2D eigenvalue weighted by Crippen LogP contribution is -2.37. The van der Waals surface area contributed by atoms with Gasteiger partial charge in [0.2, 0.25) is 5.95 Å². The van der Waals surface area contributed by atoms with Crippen molar-refractivity contribution in [1.29, 1.82) is 0 Å². The maximum atomic E-state index is 14.2. The number of benzene rings is 2. The van der Waals surface area contributed by atoms with Crippen LogP contribution in [0.1, 0.15) is 5.69 Å². The molecule has 2 aromatic heterocycles. The zero-order valence-electron chi connectivity index (χ0n) is 19.8. The molecule has 188 valence electrons. The van der Waals surface area contributed by atoms with Crippen LogP contribution < -0.4 is 21.0 Å². The highest BCUT2D eigenvalue weighted by molar-refractivity contribution is 5.78. The van der Waals surface area contributed by atoms with Crippen molar-refractivity contribution in [2.24, 2.45) is 5.10 Å². The van der Waals surface area contributed by atoms with Crippen molar-refractivity contribution >= 4 is 40.7 Å². The Labute approximate surface area is 212 Å². The van der Waals surface area contributed by atoms with E-state index in [2.05, 4.69) is 36.1 Å². The molecular weight excluding hydrogens is 475 g/mol. The average Bonchev–Trinajstić information content (AvgIpc) is 2.91. The van der Waals surface area contributed by atoms with Gasteiger partial charge in [-0.3, -0.25) is 4.98 Å². The van der Waals surface area contributed by atoms with Crippen LogP contribution in [0.3, 0.4) is 0 Å². The van der Waals surface area contributed by atoms with E-state index in [4.69, 9.17) is 4.74 Å². The van der Waals surface area contributed by atoms with Crippen LogP contribution in [0.25, 0.3) is 0 Å². The van der Waals surface area contributed by atoms with E-state index in [1.165, 1.54) is 6.21 Å². The summed E-state index contributed by atoms with van der Waals surface area (Å²) in [6, 6.07) is 18.4. The molecule has 0 atom stereocenters. The molecule has 5 rings (SSSR count). The molecule has 3 heterocycles. The van der Waals surface area contributed by atoms with Crippen LogP contribution in [0, 0.1) is 5.82 Å². The Morgan fingerprint density at radius 2 is 1.62 bits per heavy atom. The van der Waals surface area contributed by atoms with E-state index >= 15 is 0 Å². The lowest BCUT2D eigenvalue weighted by molar-refractivity contribution is 0.122. The van der Waals surface area contributed by atoms with Crippen molar-refractivity contribution in [3.05, 3.63) is 84.6 Å². The molecule has 1 fully saturated rings. The molecular formula is C26H25FN8O2. The summed E-state index contributed by atoms with van der Waals surface area (Å²) in [7, 11) is 0. The molecule has 4 aromatic rings. The van der Waals surface area contributed by atoms with Crippen molar-refractivity contribution in [3.8, 4) is 5.75 Å². The Balaban J connectivity index is 1.18. The fourth-order valence-corrected chi connectivity index (χ4v) is 3.71. The van der Waals surface area contributed by atoms with Gasteiger partial charge in [0.1, 0.15) is 5.75 Å². The van der Waals surface area contributed by atoms with Crippen LogP contribution in [0.4, 0.5) is 38.9 Å². The van der Waals surface area contributed by atoms with Crippen LogP contribution >= 0.6 is 0 Å². The van der Waals surface area contributed by atoms with Gasteiger partial charge in [-0.2, -0.15) is 10.1 Å². The first-order chi connectivity index (χ1) is 18.1. The second kappa shape index (κ2) is 11.3. The number of halogens is 1. The number of nitrogens with zero attached hydrogens (tertiary/aromatic N) is 5. The van der Waals surface area contributed by atoms with Crippen molar-refractivity contribution in [2.75, 3.05) is 47.3 Å². The Hall–Kier alpha value is -4.77. The average molecular weight is 501 g/mol.